The van der Waals surface area contributed by atoms with Crippen LogP contribution in [0.25, 0.3) is 0 Å². The Morgan fingerprint density at radius 3 is 2.88 bits per heavy atom. The van der Waals surface area contributed by atoms with Crippen LogP contribution in [0.15, 0.2) is 24.3 Å². The Balaban J connectivity index is 2.50. The van der Waals surface area contributed by atoms with Crippen LogP contribution in [-0.2, 0) is 16.1 Å². The SMILES string of the molecule is CCNCc1cccc(NC(=O)COCC)c1. The number of carbonyl (C=O) groups excluding carboxylic acids is 1. The molecule has 0 saturated carbocycles. The summed E-state index contributed by atoms with van der Waals surface area (Å²) in [7, 11) is 0. The molecule has 0 aromatic heterocycles. The molecule has 17 heavy (non-hydrogen) atoms. The molecule has 4 heteroatoms. The van der Waals surface area contributed by atoms with Crippen molar-refractivity contribution in [2.24, 2.45) is 0 Å². The van der Waals surface area contributed by atoms with Gasteiger partial charge in [0.05, 0.1) is 0 Å². The molecule has 0 aliphatic rings. The first-order valence-corrected chi connectivity index (χ1v) is 5.93. The van der Waals surface area contributed by atoms with E-state index in [0.717, 1.165) is 24.3 Å². The number of benzene rings is 1. The first-order chi connectivity index (χ1) is 8.26. The van der Waals surface area contributed by atoms with Crippen LogP contribution in [0.4, 0.5) is 5.69 Å². The van der Waals surface area contributed by atoms with Gasteiger partial charge in [0, 0.05) is 18.8 Å². The van der Waals surface area contributed by atoms with Gasteiger partial charge in [0.1, 0.15) is 6.61 Å². The summed E-state index contributed by atoms with van der Waals surface area (Å²) in [6, 6.07) is 7.80. The lowest BCUT2D eigenvalue weighted by Crippen LogP contribution is -2.18. The molecule has 2 N–H and O–H groups in total. The van der Waals surface area contributed by atoms with Gasteiger partial charge in [-0.1, -0.05) is 19.1 Å². The zero-order chi connectivity index (χ0) is 12.5. The van der Waals surface area contributed by atoms with Crippen LogP contribution in [0.2, 0.25) is 0 Å². The Morgan fingerprint density at radius 2 is 2.18 bits per heavy atom. The number of ether oxygens (including phenoxy) is 1. The molecule has 1 aromatic rings. The van der Waals surface area contributed by atoms with Crippen LogP contribution in [-0.4, -0.2) is 25.7 Å². The van der Waals surface area contributed by atoms with Crippen molar-refractivity contribution < 1.29 is 9.53 Å². The van der Waals surface area contributed by atoms with Crippen LogP contribution in [0.3, 0.4) is 0 Å². The van der Waals surface area contributed by atoms with E-state index in [1.54, 1.807) is 0 Å². The lowest BCUT2D eigenvalue weighted by Gasteiger charge is -2.07. The molecule has 0 unspecified atom stereocenters. The highest BCUT2D eigenvalue weighted by atomic mass is 16.5. The zero-order valence-corrected chi connectivity index (χ0v) is 10.5. The number of anilines is 1. The van der Waals surface area contributed by atoms with E-state index in [4.69, 9.17) is 4.74 Å². The van der Waals surface area contributed by atoms with E-state index in [1.807, 2.05) is 31.2 Å². The van der Waals surface area contributed by atoms with Gasteiger partial charge < -0.3 is 15.4 Å². The minimum absolute atomic E-state index is 0.105. The van der Waals surface area contributed by atoms with E-state index < -0.39 is 0 Å². The van der Waals surface area contributed by atoms with E-state index in [-0.39, 0.29) is 12.5 Å². The van der Waals surface area contributed by atoms with E-state index in [1.165, 1.54) is 0 Å². The van der Waals surface area contributed by atoms with Crippen LogP contribution in [0.1, 0.15) is 19.4 Å². The van der Waals surface area contributed by atoms with Gasteiger partial charge in [-0.3, -0.25) is 4.79 Å². The molecule has 0 atom stereocenters. The van der Waals surface area contributed by atoms with Gasteiger partial charge in [0.2, 0.25) is 5.91 Å². The summed E-state index contributed by atoms with van der Waals surface area (Å²) in [6.07, 6.45) is 0. The summed E-state index contributed by atoms with van der Waals surface area (Å²) in [4.78, 5) is 11.4. The molecule has 0 radical (unpaired) electrons. The number of hydrogen-bond acceptors (Lipinski definition) is 3. The lowest BCUT2D eigenvalue weighted by molar-refractivity contribution is -0.120. The fourth-order valence-electron chi connectivity index (χ4n) is 1.42. The molecule has 0 fully saturated rings. The summed E-state index contributed by atoms with van der Waals surface area (Å²) >= 11 is 0. The van der Waals surface area contributed by atoms with Crippen molar-refractivity contribution in [1.29, 1.82) is 0 Å². The number of nitrogens with one attached hydrogen (secondary N) is 2. The standard InChI is InChI=1S/C13H20N2O2/c1-3-14-9-11-6-5-7-12(8-11)15-13(16)10-17-4-2/h5-8,14H,3-4,9-10H2,1-2H3,(H,15,16). The van der Waals surface area contributed by atoms with Gasteiger partial charge >= 0.3 is 0 Å². The van der Waals surface area contributed by atoms with Gasteiger partial charge in [-0.15, -0.1) is 0 Å². The average Bonchev–Trinajstić information content (AvgIpc) is 2.34. The van der Waals surface area contributed by atoms with Crippen molar-refractivity contribution in [3.63, 3.8) is 0 Å². The van der Waals surface area contributed by atoms with E-state index in [0.29, 0.717) is 6.61 Å². The third-order valence-electron chi connectivity index (χ3n) is 2.23. The third-order valence-corrected chi connectivity index (χ3v) is 2.23. The molecule has 0 aliphatic heterocycles. The van der Waals surface area contributed by atoms with Gasteiger partial charge in [-0.05, 0) is 31.2 Å². The summed E-state index contributed by atoms with van der Waals surface area (Å²) in [5.41, 5.74) is 1.96. The summed E-state index contributed by atoms with van der Waals surface area (Å²) in [5.74, 6) is -0.118. The number of amides is 1. The van der Waals surface area contributed by atoms with Crippen LogP contribution in [0, 0.1) is 0 Å². The summed E-state index contributed by atoms with van der Waals surface area (Å²) in [6.45, 7) is 6.33. The fourth-order valence-corrected chi connectivity index (χ4v) is 1.42. The summed E-state index contributed by atoms with van der Waals surface area (Å²) in [5, 5.41) is 6.04. The van der Waals surface area contributed by atoms with Crippen molar-refractivity contribution in [2.75, 3.05) is 25.1 Å². The van der Waals surface area contributed by atoms with Gasteiger partial charge in [-0.2, -0.15) is 0 Å². The highest BCUT2D eigenvalue weighted by Crippen LogP contribution is 2.10. The molecule has 4 nitrogen and oxygen atoms in total. The molecule has 0 spiro atoms. The molecule has 0 bridgehead atoms. The maximum absolute atomic E-state index is 11.4. The highest BCUT2D eigenvalue weighted by Gasteiger charge is 2.02. The largest absolute Gasteiger partial charge is 0.372 e. The van der Waals surface area contributed by atoms with Crippen molar-refractivity contribution in [2.45, 2.75) is 20.4 Å². The Kier molecular flexibility index (Phi) is 6.29. The van der Waals surface area contributed by atoms with Gasteiger partial charge in [0.25, 0.3) is 0 Å². The second-order valence-corrected chi connectivity index (χ2v) is 3.67. The third kappa shape index (κ3) is 5.47. The fraction of sp³-hybridized carbons (Fsp3) is 0.462. The van der Waals surface area contributed by atoms with Crippen LogP contribution >= 0.6 is 0 Å². The topological polar surface area (TPSA) is 50.4 Å². The van der Waals surface area contributed by atoms with E-state index >= 15 is 0 Å². The number of carbonyl (C=O) groups is 1. The maximum Gasteiger partial charge on any atom is 0.250 e. The first kappa shape index (κ1) is 13.7. The van der Waals surface area contributed by atoms with Crippen molar-refractivity contribution in [3.05, 3.63) is 29.8 Å². The molecular weight excluding hydrogens is 216 g/mol. The Labute approximate surface area is 102 Å². The van der Waals surface area contributed by atoms with Crippen molar-refractivity contribution in [1.82, 2.24) is 5.32 Å². The van der Waals surface area contributed by atoms with Crippen molar-refractivity contribution in [3.8, 4) is 0 Å². The summed E-state index contributed by atoms with van der Waals surface area (Å²) < 4.78 is 5.04. The van der Waals surface area contributed by atoms with E-state index in [2.05, 4.69) is 17.6 Å². The van der Waals surface area contributed by atoms with Crippen molar-refractivity contribution >= 4 is 11.6 Å². The molecule has 0 aliphatic carbocycles. The van der Waals surface area contributed by atoms with Crippen LogP contribution in [0.5, 0.6) is 0 Å². The minimum atomic E-state index is -0.118. The molecular formula is C13H20N2O2. The van der Waals surface area contributed by atoms with Gasteiger partial charge in [0.15, 0.2) is 0 Å². The normalized spacial score (nSPS) is 10.2. The van der Waals surface area contributed by atoms with E-state index in [9.17, 15) is 4.79 Å². The minimum Gasteiger partial charge on any atom is -0.372 e. The number of rotatable bonds is 7. The zero-order valence-electron chi connectivity index (χ0n) is 10.5. The predicted molar refractivity (Wildman–Crippen MR) is 68.9 cm³/mol. The molecule has 1 aromatic carbocycles. The van der Waals surface area contributed by atoms with Crippen LogP contribution < -0.4 is 10.6 Å². The maximum atomic E-state index is 11.4. The van der Waals surface area contributed by atoms with Gasteiger partial charge in [-0.25, -0.2) is 0 Å². The molecule has 1 amide bonds. The Bertz CT molecular complexity index is 353. The number of hydrogen-bond donors (Lipinski definition) is 2. The predicted octanol–water partition coefficient (Wildman–Crippen LogP) is 1.77. The first-order valence-electron chi connectivity index (χ1n) is 5.93. The lowest BCUT2D eigenvalue weighted by atomic mass is 10.2. The molecule has 94 valence electrons. The molecule has 0 saturated heterocycles. The second-order valence-electron chi connectivity index (χ2n) is 3.67. The molecule has 1 rings (SSSR count). The quantitative estimate of drug-likeness (QED) is 0.758. The molecule has 0 heterocycles. The Morgan fingerprint density at radius 1 is 1.35 bits per heavy atom. The average molecular weight is 236 g/mol. The monoisotopic (exact) mass is 236 g/mol. The smallest absolute Gasteiger partial charge is 0.250 e. The Hall–Kier alpha value is -1.39. The second kappa shape index (κ2) is 7.81. The highest BCUT2D eigenvalue weighted by molar-refractivity contribution is 5.91.